The molecular formula is C23H27N3O3. The Bertz CT molecular complexity index is 980. The molecule has 0 radical (unpaired) electrons. The predicted octanol–water partition coefficient (Wildman–Crippen LogP) is 4.33. The molecule has 0 spiro atoms. The molecule has 0 saturated heterocycles. The summed E-state index contributed by atoms with van der Waals surface area (Å²) in [6.45, 7) is 6.15. The van der Waals surface area contributed by atoms with E-state index in [2.05, 4.69) is 19.2 Å². The molecule has 0 aliphatic heterocycles. The Hall–Kier alpha value is -3.28. The number of hydrogen-bond acceptors (Lipinski definition) is 4. The fourth-order valence-electron chi connectivity index (χ4n) is 2.90. The fourth-order valence-corrected chi connectivity index (χ4v) is 2.90. The average molecular weight is 393 g/mol. The Labute approximate surface area is 171 Å². The Morgan fingerprint density at radius 1 is 1.00 bits per heavy atom. The summed E-state index contributed by atoms with van der Waals surface area (Å²) in [7, 11) is 3.21. The van der Waals surface area contributed by atoms with E-state index >= 15 is 0 Å². The first kappa shape index (κ1) is 20.5. The van der Waals surface area contributed by atoms with Gasteiger partial charge >= 0.3 is 0 Å². The molecule has 1 heterocycles. The largest absolute Gasteiger partial charge is 0.497 e. The van der Waals surface area contributed by atoms with Gasteiger partial charge < -0.3 is 14.8 Å². The van der Waals surface area contributed by atoms with Crippen LogP contribution in [0.1, 0.15) is 31.3 Å². The maximum absolute atomic E-state index is 13.0. The van der Waals surface area contributed by atoms with Gasteiger partial charge in [0.25, 0.3) is 5.91 Å². The van der Waals surface area contributed by atoms with E-state index in [1.165, 1.54) is 0 Å². The molecule has 1 N–H and O–H groups in total. The van der Waals surface area contributed by atoms with Crippen LogP contribution in [0, 0.1) is 5.92 Å². The van der Waals surface area contributed by atoms with Crippen molar-refractivity contribution >= 4 is 5.91 Å². The van der Waals surface area contributed by atoms with Gasteiger partial charge in [0.1, 0.15) is 17.2 Å². The van der Waals surface area contributed by atoms with Gasteiger partial charge in [-0.2, -0.15) is 5.10 Å². The second-order valence-electron chi connectivity index (χ2n) is 7.23. The van der Waals surface area contributed by atoms with Crippen LogP contribution in [0.3, 0.4) is 0 Å². The zero-order valence-corrected chi connectivity index (χ0v) is 17.5. The van der Waals surface area contributed by atoms with Gasteiger partial charge in [-0.1, -0.05) is 32.0 Å². The fraction of sp³-hybridized carbons (Fsp3) is 0.304. The lowest BCUT2D eigenvalue weighted by molar-refractivity contribution is 0.0922. The first-order valence-corrected chi connectivity index (χ1v) is 9.63. The van der Waals surface area contributed by atoms with E-state index in [1.807, 2.05) is 49.4 Å². The van der Waals surface area contributed by atoms with Gasteiger partial charge in [-0.25, -0.2) is 4.68 Å². The SMILES string of the molecule is COc1ccc(-c2cc(C(=O)N[C@H](C)C(C)C)n(-c3ccccc3)n2)c(OC)c1. The third kappa shape index (κ3) is 4.42. The molecule has 3 rings (SSSR count). The number of carbonyl (C=O) groups is 1. The van der Waals surface area contributed by atoms with Gasteiger partial charge in [-0.15, -0.1) is 0 Å². The van der Waals surface area contributed by atoms with Crippen LogP contribution >= 0.6 is 0 Å². The minimum absolute atomic E-state index is 0.0422. The molecule has 2 aromatic carbocycles. The van der Waals surface area contributed by atoms with E-state index in [-0.39, 0.29) is 11.9 Å². The Balaban J connectivity index is 2.09. The van der Waals surface area contributed by atoms with Crippen molar-refractivity contribution in [2.45, 2.75) is 26.8 Å². The Morgan fingerprint density at radius 3 is 2.34 bits per heavy atom. The van der Waals surface area contributed by atoms with Crippen LogP contribution < -0.4 is 14.8 Å². The Morgan fingerprint density at radius 2 is 1.72 bits per heavy atom. The first-order valence-electron chi connectivity index (χ1n) is 9.63. The lowest BCUT2D eigenvalue weighted by Gasteiger charge is -2.17. The minimum atomic E-state index is -0.165. The second kappa shape index (κ2) is 8.82. The van der Waals surface area contributed by atoms with Crippen LogP contribution in [-0.2, 0) is 0 Å². The van der Waals surface area contributed by atoms with Crippen LogP contribution in [0.4, 0.5) is 0 Å². The van der Waals surface area contributed by atoms with E-state index in [4.69, 9.17) is 14.6 Å². The van der Waals surface area contributed by atoms with Gasteiger partial charge in [0, 0.05) is 17.7 Å². The van der Waals surface area contributed by atoms with Gasteiger partial charge in [-0.05, 0) is 43.2 Å². The number of amides is 1. The van der Waals surface area contributed by atoms with Crippen molar-refractivity contribution < 1.29 is 14.3 Å². The minimum Gasteiger partial charge on any atom is -0.497 e. The summed E-state index contributed by atoms with van der Waals surface area (Å²) in [6, 6.07) is 17.0. The highest BCUT2D eigenvalue weighted by molar-refractivity contribution is 5.94. The topological polar surface area (TPSA) is 65.4 Å². The first-order chi connectivity index (χ1) is 13.9. The van der Waals surface area contributed by atoms with E-state index in [1.54, 1.807) is 31.0 Å². The zero-order valence-electron chi connectivity index (χ0n) is 17.5. The summed E-state index contributed by atoms with van der Waals surface area (Å²) in [5, 5.41) is 7.79. The predicted molar refractivity (Wildman–Crippen MR) is 114 cm³/mol. The lowest BCUT2D eigenvalue weighted by atomic mass is 10.1. The third-order valence-electron chi connectivity index (χ3n) is 4.99. The molecule has 1 amide bonds. The summed E-state index contributed by atoms with van der Waals surface area (Å²) >= 11 is 0. The number of para-hydroxylation sites is 1. The number of ether oxygens (including phenoxy) is 2. The molecule has 1 aromatic heterocycles. The lowest BCUT2D eigenvalue weighted by Crippen LogP contribution is -2.37. The summed E-state index contributed by atoms with van der Waals surface area (Å²) in [4.78, 5) is 13.0. The molecule has 0 saturated carbocycles. The highest BCUT2D eigenvalue weighted by atomic mass is 16.5. The zero-order chi connectivity index (χ0) is 21.0. The summed E-state index contributed by atoms with van der Waals surface area (Å²) < 4.78 is 12.5. The highest BCUT2D eigenvalue weighted by Crippen LogP contribution is 2.33. The van der Waals surface area contributed by atoms with Gasteiger partial charge in [0.05, 0.1) is 25.6 Å². The molecule has 3 aromatic rings. The molecular weight excluding hydrogens is 366 g/mol. The number of aromatic nitrogens is 2. The molecule has 152 valence electrons. The number of nitrogens with one attached hydrogen (secondary N) is 1. The normalized spacial score (nSPS) is 11.9. The smallest absolute Gasteiger partial charge is 0.270 e. The monoisotopic (exact) mass is 393 g/mol. The molecule has 0 bridgehead atoms. The maximum Gasteiger partial charge on any atom is 0.270 e. The quantitative estimate of drug-likeness (QED) is 0.649. The molecule has 1 atom stereocenters. The third-order valence-corrected chi connectivity index (χ3v) is 4.99. The summed E-state index contributed by atoms with van der Waals surface area (Å²) in [5.74, 6) is 1.48. The standard InChI is InChI=1S/C23H27N3O3/c1-15(2)16(3)24-23(27)21-14-20(25-26(21)17-9-7-6-8-10-17)19-12-11-18(28-4)13-22(19)29-5/h6-16H,1-5H3,(H,24,27)/t16-/m1/s1. The van der Waals surface area contributed by atoms with E-state index in [9.17, 15) is 4.79 Å². The second-order valence-corrected chi connectivity index (χ2v) is 7.23. The van der Waals surface area contributed by atoms with E-state index in [0.29, 0.717) is 28.8 Å². The highest BCUT2D eigenvalue weighted by Gasteiger charge is 2.21. The number of carbonyl (C=O) groups excluding carboxylic acids is 1. The van der Waals surface area contributed by atoms with Gasteiger partial charge in [0.15, 0.2) is 0 Å². The van der Waals surface area contributed by atoms with Crippen molar-refractivity contribution in [2.75, 3.05) is 14.2 Å². The maximum atomic E-state index is 13.0. The number of nitrogens with zero attached hydrogens (tertiary/aromatic N) is 2. The van der Waals surface area contributed by atoms with Crippen molar-refractivity contribution in [3.63, 3.8) is 0 Å². The molecule has 0 aliphatic rings. The van der Waals surface area contributed by atoms with Crippen LogP contribution in [0.15, 0.2) is 54.6 Å². The number of benzene rings is 2. The van der Waals surface area contributed by atoms with Crippen molar-refractivity contribution in [3.8, 4) is 28.4 Å². The van der Waals surface area contributed by atoms with E-state index in [0.717, 1.165) is 11.3 Å². The molecule has 0 unspecified atom stereocenters. The van der Waals surface area contributed by atoms with Crippen molar-refractivity contribution in [3.05, 3.63) is 60.3 Å². The summed E-state index contributed by atoms with van der Waals surface area (Å²) in [6.07, 6.45) is 0. The van der Waals surface area contributed by atoms with Gasteiger partial charge in [-0.3, -0.25) is 4.79 Å². The van der Waals surface area contributed by atoms with Crippen molar-refractivity contribution in [1.82, 2.24) is 15.1 Å². The van der Waals surface area contributed by atoms with Crippen LogP contribution in [0.25, 0.3) is 16.9 Å². The molecule has 6 nitrogen and oxygen atoms in total. The number of hydrogen-bond donors (Lipinski definition) is 1. The van der Waals surface area contributed by atoms with Crippen molar-refractivity contribution in [2.24, 2.45) is 5.92 Å². The average Bonchev–Trinajstić information content (AvgIpc) is 3.19. The molecule has 0 fully saturated rings. The number of rotatable bonds is 7. The number of methoxy groups -OCH3 is 2. The Kier molecular flexibility index (Phi) is 6.22. The van der Waals surface area contributed by atoms with Crippen LogP contribution in [0.5, 0.6) is 11.5 Å². The van der Waals surface area contributed by atoms with E-state index < -0.39 is 0 Å². The van der Waals surface area contributed by atoms with Crippen molar-refractivity contribution in [1.29, 1.82) is 0 Å². The van der Waals surface area contributed by atoms with Crippen LogP contribution in [0.2, 0.25) is 0 Å². The molecule has 0 aliphatic carbocycles. The molecule has 6 heteroatoms. The van der Waals surface area contributed by atoms with Crippen LogP contribution in [-0.4, -0.2) is 35.9 Å². The van der Waals surface area contributed by atoms with Gasteiger partial charge in [0.2, 0.25) is 0 Å². The molecule has 29 heavy (non-hydrogen) atoms. The summed E-state index contributed by atoms with van der Waals surface area (Å²) in [5.41, 5.74) is 2.72.